The largest absolute Gasteiger partial charge is 0.449 e. The first kappa shape index (κ1) is 13.9. The number of hydrogen-bond donors (Lipinski definition) is 1. The summed E-state index contributed by atoms with van der Waals surface area (Å²) in [5, 5.41) is 14.2. The Bertz CT molecular complexity index is 490. The van der Waals surface area contributed by atoms with Crippen molar-refractivity contribution in [2.45, 2.75) is 6.92 Å². The maximum absolute atomic E-state index is 10.9. The van der Waals surface area contributed by atoms with Crippen LogP contribution >= 0.6 is 11.6 Å². The normalized spacial score (nSPS) is 10.3. The summed E-state index contributed by atoms with van der Waals surface area (Å²) < 4.78 is 4.57. The minimum atomic E-state index is -0.697. The summed E-state index contributed by atoms with van der Waals surface area (Å²) in [6.45, 7) is 1.89. The number of carbonyl (C=O) groups is 1. The van der Waals surface area contributed by atoms with E-state index in [0.717, 1.165) is 0 Å². The molecule has 0 aliphatic heterocycles. The second-order valence-electron chi connectivity index (χ2n) is 3.06. The van der Waals surface area contributed by atoms with E-state index in [4.69, 9.17) is 11.6 Å². The Balaban J connectivity index is 2.73. The number of carbonyl (C=O) groups excluding carboxylic acids is 1. The Kier molecular flexibility index (Phi) is 5.06. The molecule has 1 aromatic rings. The number of hydrazone groups is 1. The first-order chi connectivity index (χ1) is 8.54. The van der Waals surface area contributed by atoms with Crippen molar-refractivity contribution in [3.8, 4) is 0 Å². The van der Waals surface area contributed by atoms with Crippen LogP contribution in [0.25, 0.3) is 0 Å². The van der Waals surface area contributed by atoms with Gasteiger partial charge >= 0.3 is 6.09 Å². The zero-order chi connectivity index (χ0) is 13.5. The van der Waals surface area contributed by atoms with Gasteiger partial charge in [0, 0.05) is 11.6 Å². The second-order valence-corrected chi connectivity index (χ2v) is 3.47. The van der Waals surface area contributed by atoms with Gasteiger partial charge in [0.1, 0.15) is 5.02 Å². The number of ether oxygens (including phenoxy) is 1. The van der Waals surface area contributed by atoms with Crippen LogP contribution in [0.15, 0.2) is 23.3 Å². The van der Waals surface area contributed by atoms with E-state index in [9.17, 15) is 14.9 Å². The molecular weight excluding hydrogens is 262 g/mol. The van der Waals surface area contributed by atoms with Gasteiger partial charge in [-0.2, -0.15) is 5.10 Å². The van der Waals surface area contributed by atoms with Gasteiger partial charge in [-0.05, 0) is 13.0 Å². The van der Waals surface area contributed by atoms with Crippen molar-refractivity contribution in [3.05, 3.63) is 38.9 Å². The van der Waals surface area contributed by atoms with Crippen LogP contribution in [0.5, 0.6) is 0 Å². The van der Waals surface area contributed by atoms with Crippen LogP contribution in [0.3, 0.4) is 0 Å². The third-order valence-corrected chi connectivity index (χ3v) is 2.13. The molecule has 0 unspecified atom stereocenters. The number of benzene rings is 1. The summed E-state index contributed by atoms with van der Waals surface area (Å²) in [5.41, 5.74) is 2.31. The van der Waals surface area contributed by atoms with E-state index < -0.39 is 11.0 Å². The number of halogens is 1. The molecule has 96 valence electrons. The van der Waals surface area contributed by atoms with Gasteiger partial charge < -0.3 is 4.74 Å². The quantitative estimate of drug-likeness (QED) is 0.516. The predicted octanol–water partition coefficient (Wildman–Crippen LogP) is 2.33. The number of amides is 1. The summed E-state index contributed by atoms with van der Waals surface area (Å²) >= 11 is 5.64. The molecule has 8 heteroatoms. The lowest BCUT2D eigenvalue weighted by Gasteiger charge is -1.99. The lowest BCUT2D eigenvalue weighted by atomic mass is 10.2. The maximum atomic E-state index is 10.9. The minimum absolute atomic E-state index is 0.0375. The van der Waals surface area contributed by atoms with E-state index in [-0.39, 0.29) is 17.3 Å². The molecule has 0 saturated carbocycles. The number of nitrogens with zero attached hydrogens (tertiary/aromatic N) is 2. The Labute approximate surface area is 108 Å². The molecule has 0 bridgehead atoms. The van der Waals surface area contributed by atoms with Gasteiger partial charge in [0.2, 0.25) is 0 Å². The lowest BCUT2D eigenvalue weighted by Crippen LogP contribution is -2.18. The molecule has 0 aliphatic rings. The average molecular weight is 272 g/mol. The zero-order valence-corrected chi connectivity index (χ0v) is 10.2. The first-order valence-corrected chi connectivity index (χ1v) is 5.32. The molecule has 1 N–H and O–H groups in total. The van der Waals surface area contributed by atoms with Gasteiger partial charge in [-0.3, -0.25) is 10.1 Å². The molecule has 1 rings (SSSR count). The standard InChI is InChI=1S/C10H10ClN3O4/c1-2-18-10(15)13-12-6-7-3-4-8(11)9(5-7)14(16)17/h3-6H,2H2,1H3,(H,13,15)/b12-6-. The molecule has 0 spiro atoms. The molecule has 0 aliphatic carbocycles. The van der Waals surface area contributed by atoms with Crippen LogP contribution in [0.4, 0.5) is 10.5 Å². The average Bonchev–Trinajstić information content (AvgIpc) is 2.31. The summed E-state index contributed by atoms with van der Waals surface area (Å²) in [7, 11) is 0. The highest BCUT2D eigenvalue weighted by molar-refractivity contribution is 6.32. The third-order valence-electron chi connectivity index (χ3n) is 1.81. The lowest BCUT2D eigenvalue weighted by molar-refractivity contribution is -0.384. The van der Waals surface area contributed by atoms with Crippen LogP contribution in [-0.2, 0) is 4.74 Å². The van der Waals surface area contributed by atoms with Gasteiger partial charge in [-0.1, -0.05) is 17.7 Å². The molecule has 0 aromatic heterocycles. The summed E-state index contributed by atoms with van der Waals surface area (Å²) in [6.07, 6.45) is 0.553. The van der Waals surface area contributed by atoms with Crippen LogP contribution in [-0.4, -0.2) is 23.8 Å². The highest BCUT2D eigenvalue weighted by Gasteiger charge is 2.11. The summed E-state index contributed by atoms with van der Waals surface area (Å²) in [6, 6.07) is 4.16. The van der Waals surface area contributed by atoms with E-state index in [1.54, 1.807) is 6.92 Å². The maximum Gasteiger partial charge on any atom is 0.427 e. The van der Waals surface area contributed by atoms with Crippen LogP contribution < -0.4 is 5.43 Å². The van der Waals surface area contributed by atoms with Crippen LogP contribution in [0.2, 0.25) is 5.02 Å². The number of nitro groups is 1. The van der Waals surface area contributed by atoms with Gasteiger partial charge in [0.15, 0.2) is 0 Å². The van der Waals surface area contributed by atoms with Gasteiger partial charge in [-0.25, -0.2) is 10.2 Å². The van der Waals surface area contributed by atoms with Crippen LogP contribution in [0, 0.1) is 10.1 Å². The summed E-state index contributed by atoms with van der Waals surface area (Å²) in [4.78, 5) is 20.9. The molecular formula is C10H10ClN3O4. The van der Waals surface area contributed by atoms with E-state index in [1.807, 2.05) is 0 Å². The van der Waals surface area contributed by atoms with Crippen LogP contribution in [0.1, 0.15) is 12.5 Å². The second kappa shape index (κ2) is 6.55. The monoisotopic (exact) mass is 271 g/mol. The molecule has 18 heavy (non-hydrogen) atoms. The molecule has 0 fully saturated rings. The number of nitro benzene ring substituents is 1. The third kappa shape index (κ3) is 4.02. The van der Waals surface area contributed by atoms with Crippen molar-refractivity contribution in [2.75, 3.05) is 6.61 Å². The first-order valence-electron chi connectivity index (χ1n) is 4.94. The van der Waals surface area contributed by atoms with Crippen molar-refractivity contribution in [1.82, 2.24) is 5.43 Å². The minimum Gasteiger partial charge on any atom is -0.449 e. The van der Waals surface area contributed by atoms with E-state index >= 15 is 0 Å². The zero-order valence-electron chi connectivity index (χ0n) is 9.42. The number of hydrogen-bond acceptors (Lipinski definition) is 5. The van der Waals surface area contributed by atoms with Crippen molar-refractivity contribution in [1.29, 1.82) is 0 Å². The summed E-state index contributed by atoms with van der Waals surface area (Å²) in [5.74, 6) is 0. The molecule has 1 aromatic carbocycles. The van der Waals surface area contributed by atoms with Crippen molar-refractivity contribution in [2.24, 2.45) is 5.10 Å². The highest BCUT2D eigenvalue weighted by atomic mass is 35.5. The van der Waals surface area contributed by atoms with Gasteiger partial charge in [0.05, 0.1) is 17.7 Å². The molecule has 0 atom stereocenters. The van der Waals surface area contributed by atoms with Crippen molar-refractivity contribution >= 4 is 29.6 Å². The fraction of sp³-hybridized carbons (Fsp3) is 0.200. The van der Waals surface area contributed by atoms with Crippen molar-refractivity contribution < 1.29 is 14.5 Å². The SMILES string of the molecule is CCOC(=O)N/N=C\c1ccc(Cl)c([N+](=O)[O-])c1. The van der Waals surface area contributed by atoms with E-state index in [2.05, 4.69) is 15.3 Å². The molecule has 0 heterocycles. The fourth-order valence-corrected chi connectivity index (χ4v) is 1.26. The van der Waals surface area contributed by atoms with Crippen molar-refractivity contribution in [3.63, 3.8) is 0 Å². The smallest absolute Gasteiger partial charge is 0.427 e. The molecule has 0 radical (unpaired) electrons. The van der Waals surface area contributed by atoms with E-state index in [0.29, 0.717) is 5.56 Å². The van der Waals surface area contributed by atoms with E-state index in [1.165, 1.54) is 24.4 Å². The number of rotatable bonds is 4. The topological polar surface area (TPSA) is 93.8 Å². The Morgan fingerprint density at radius 1 is 1.67 bits per heavy atom. The fourth-order valence-electron chi connectivity index (χ4n) is 1.07. The van der Waals surface area contributed by atoms with Gasteiger partial charge in [-0.15, -0.1) is 0 Å². The number of nitrogens with one attached hydrogen (secondary N) is 1. The molecule has 0 saturated heterocycles. The Morgan fingerprint density at radius 3 is 3.00 bits per heavy atom. The van der Waals surface area contributed by atoms with Gasteiger partial charge in [0.25, 0.3) is 5.69 Å². The molecule has 1 amide bonds. The highest BCUT2D eigenvalue weighted by Crippen LogP contribution is 2.24. The Hall–Kier alpha value is -2.15. The predicted molar refractivity (Wildman–Crippen MR) is 65.9 cm³/mol. The Morgan fingerprint density at radius 2 is 2.39 bits per heavy atom. The molecule has 7 nitrogen and oxygen atoms in total.